The van der Waals surface area contributed by atoms with E-state index in [1.165, 1.54) is 33.9 Å². The molecule has 1 amide bonds. The van der Waals surface area contributed by atoms with Crippen LogP contribution in [0.3, 0.4) is 0 Å². The first kappa shape index (κ1) is 21.4. The second-order valence-electron chi connectivity index (χ2n) is 6.99. The fraction of sp³-hybridized carbons (Fsp3) is 0.0417. The van der Waals surface area contributed by atoms with Crippen LogP contribution < -0.4 is 10.2 Å². The topological polar surface area (TPSA) is 97.6 Å². The van der Waals surface area contributed by atoms with E-state index in [2.05, 4.69) is 0 Å². The number of rotatable bonds is 7. The number of fused-ring (bicyclic) bond motifs is 1. The Kier molecular flexibility index (Phi) is 6.07. The molecule has 0 unspecified atom stereocenters. The highest BCUT2D eigenvalue weighted by Gasteiger charge is 2.19. The summed E-state index contributed by atoms with van der Waals surface area (Å²) in [4.78, 5) is 11.2. The Balaban J connectivity index is 1.60. The SMILES string of the molecule is O=C(/C=C/c1cccc(S(=O)(=O)n2ccc3cc(OCc4ccccc4)ccc32)c1)NO. The summed E-state index contributed by atoms with van der Waals surface area (Å²) in [7, 11) is -3.86. The van der Waals surface area contributed by atoms with E-state index >= 15 is 0 Å². The van der Waals surface area contributed by atoms with Crippen LogP contribution in [0.25, 0.3) is 17.0 Å². The standard InChI is InChI=1S/C24H20N2O5S/c27-24(25-28)12-9-18-7-4-8-22(15-18)32(29,30)26-14-13-20-16-21(10-11-23(20)26)31-17-19-5-2-1-3-6-19/h1-16,28H,17H2,(H,25,27)/b12-9+. The van der Waals surface area contributed by atoms with Crippen LogP contribution in [0.4, 0.5) is 0 Å². The third kappa shape index (κ3) is 4.56. The lowest BCUT2D eigenvalue weighted by atomic mass is 10.2. The van der Waals surface area contributed by atoms with Crippen molar-refractivity contribution in [3.05, 3.63) is 102 Å². The van der Waals surface area contributed by atoms with E-state index in [1.54, 1.807) is 36.4 Å². The van der Waals surface area contributed by atoms with E-state index < -0.39 is 15.9 Å². The Morgan fingerprint density at radius 1 is 1.00 bits per heavy atom. The van der Waals surface area contributed by atoms with Crippen LogP contribution in [0.1, 0.15) is 11.1 Å². The fourth-order valence-electron chi connectivity index (χ4n) is 3.24. The van der Waals surface area contributed by atoms with E-state index in [0.717, 1.165) is 17.0 Å². The van der Waals surface area contributed by atoms with Gasteiger partial charge in [-0.1, -0.05) is 42.5 Å². The summed E-state index contributed by atoms with van der Waals surface area (Å²) in [5.41, 5.74) is 3.56. The minimum Gasteiger partial charge on any atom is -0.489 e. The lowest BCUT2D eigenvalue weighted by Gasteiger charge is -2.10. The van der Waals surface area contributed by atoms with Crippen LogP contribution in [0.2, 0.25) is 0 Å². The predicted molar refractivity (Wildman–Crippen MR) is 121 cm³/mol. The van der Waals surface area contributed by atoms with Crippen LogP contribution in [0, 0.1) is 0 Å². The third-order valence-corrected chi connectivity index (χ3v) is 6.51. The Bertz CT molecular complexity index is 1390. The molecule has 0 aliphatic carbocycles. The van der Waals surface area contributed by atoms with Crippen LogP contribution >= 0.6 is 0 Å². The summed E-state index contributed by atoms with van der Waals surface area (Å²) in [5, 5.41) is 9.31. The Morgan fingerprint density at radius 2 is 1.81 bits per heavy atom. The second-order valence-corrected chi connectivity index (χ2v) is 8.81. The lowest BCUT2D eigenvalue weighted by Crippen LogP contribution is -2.14. The van der Waals surface area contributed by atoms with E-state index in [1.807, 2.05) is 30.3 Å². The molecule has 8 heteroatoms. The molecule has 3 aromatic carbocycles. The molecule has 162 valence electrons. The number of amides is 1. The zero-order valence-electron chi connectivity index (χ0n) is 16.9. The fourth-order valence-corrected chi connectivity index (χ4v) is 4.65. The molecule has 0 aliphatic rings. The van der Waals surface area contributed by atoms with Crippen molar-refractivity contribution >= 4 is 32.9 Å². The first-order chi connectivity index (χ1) is 15.5. The molecule has 0 atom stereocenters. The molecule has 32 heavy (non-hydrogen) atoms. The van der Waals surface area contributed by atoms with Gasteiger partial charge in [0.25, 0.3) is 15.9 Å². The highest BCUT2D eigenvalue weighted by molar-refractivity contribution is 7.90. The summed E-state index contributed by atoms with van der Waals surface area (Å²) >= 11 is 0. The molecule has 0 saturated heterocycles. The number of nitrogens with zero attached hydrogens (tertiary/aromatic N) is 1. The number of ether oxygens (including phenoxy) is 1. The number of hydroxylamine groups is 1. The summed E-state index contributed by atoms with van der Waals surface area (Å²) in [5.74, 6) is -0.0641. The Morgan fingerprint density at radius 3 is 2.59 bits per heavy atom. The van der Waals surface area contributed by atoms with Crippen molar-refractivity contribution in [3.8, 4) is 5.75 Å². The molecule has 0 aliphatic heterocycles. The number of nitrogens with one attached hydrogen (secondary N) is 1. The molecular weight excluding hydrogens is 428 g/mol. The molecule has 0 bridgehead atoms. The molecule has 4 rings (SSSR count). The Hall–Kier alpha value is -3.88. The maximum Gasteiger partial charge on any atom is 0.268 e. The maximum atomic E-state index is 13.2. The number of hydrogen-bond acceptors (Lipinski definition) is 5. The van der Waals surface area contributed by atoms with Gasteiger partial charge in [-0.25, -0.2) is 17.9 Å². The average Bonchev–Trinajstić information content (AvgIpc) is 3.26. The molecule has 1 heterocycles. The number of carbonyl (C=O) groups is 1. The molecule has 0 saturated carbocycles. The normalized spacial score (nSPS) is 11.7. The van der Waals surface area contributed by atoms with Gasteiger partial charge in [-0.2, -0.15) is 0 Å². The number of hydrogen-bond donors (Lipinski definition) is 2. The van der Waals surface area contributed by atoms with Gasteiger partial charge in [-0.3, -0.25) is 10.0 Å². The Labute approximate surface area is 185 Å². The van der Waals surface area contributed by atoms with Gasteiger partial charge in [0, 0.05) is 17.7 Å². The molecule has 1 aromatic heterocycles. The van der Waals surface area contributed by atoms with Crippen molar-refractivity contribution in [3.63, 3.8) is 0 Å². The summed E-state index contributed by atoms with van der Waals surface area (Å²) in [6, 6.07) is 22.9. The van der Waals surface area contributed by atoms with Gasteiger partial charge in [0.15, 0.2) is 0 Å². The largest absolute Gasteiger partial charge is 0.489 e. The van der Waals surface area contributed by atoms with Gasteiger partial charge >= 0.3 is 0 Å². The number of carbonyl (C=O) groups excluding carboxylic acids is 1. The molecule has 4 aromatic rings. The van der Waals surface area contributed by atoms with E-state index in [4.69, 9.17) is 9.94 Å². The minimum absolute atomic E-state index is 0.0750. The van der Waals surface area contributed by atoms with Gasteiger partial charge < -0.3 is 4.74 Å². The first-order valence-corrected chi connectivity index (χ1v) is 11.2. The first-order valence-electron chi connectivity index (χ1n) is 9.73. The molecular formula is C24H20N2O5S. The average molecular weight is 449 g/mol. The quantitative estimate of drug-likeness (QED) is 0.253. The highest BCUT2D eigenvalue weighted by atomic mass is 32.2. The summed E-state index contributed by atoms with van der Waals surface area (Å²) in [6.07, 6.45) is 4.02. The van der Waals surface area contributed by atoms with Gasteiger partial charge in [0.1, 0.15) is 12.4 Å². The van der Waals surface area contributed by atoms with E-state index in [-0.39, 0.29) is 4.90 Å². The van der Waals surface area contributed by atoms with E-state index in [9.17, 15) is 13.2 Å². The maximum absolute atomic E-state index is 13.2. The number of aromatic nitrogens is 1. The van der Waals surface area contributed by atoms with Gasteiger partial charge in [0.2, 0.25) is 0 Å². The zero-order valence-corrected chi connectivity index (χ0v) is 17.7. The van der Waals surface area contributed by atoms with Gasteiger partial charge in [0.05, 0.1) is 10.4 Å². The number of benzene rings is 3. The molecule has 0 radical (unpaired) electrons. The van der Waals surface area contributed by atoms with Gasteiger partial charge in [-0.05, 0) is 53.6 Å². The molecule has 0 spiro atoms. The van der Waals surface area contributed by atoms with Crippen molar-refractivity contribution in [2.24, 2.45) is 0 Å². The second kappa shape index (κ2) is 9.09. The third-order valence-electron chi connectivity index (χ3n) is 4.83. The molecule has 7 nitrogen and oxygen atoms in total. The monoisotopic (exact) mass is 448 g/mol. The zero-order chi connectivity index (χ0) is 22.6. The molecule has 2 N–H and O–H groups in total. The predicted octanol–water partition coefficient (Wildman–Crippen LogP) is 3.98. The van der Waals surface area contributed by atoms with Crippen molar-refractivity contribution < 1.29 is 23.2 Å². The summed E-state index contributed by atoms with van der Waals surface area (Å²) < 4.78 is 33.5. The lowest BCUT2D eigenvalue weighted by molar-refractivity contribution is -0.124. The van der Waals surface area contributed by atoms with Crippen molar-refractivity contribution in [2.75, 3.05) is 0 Å². The van der Waals surface area contributed by atoms with Crippen molar-refractivity contribution in [1.82, 2.24) is 9.45 Å². The van der Waals surface area contributed by atoms with Crippen LogP contribution in [0.5, 0.6) is 5.75 Å². The minimum atomic E-state index is -3.86. The smallest absolute Gasteiger partial charge is 0.268 e. The van der Waals surface area contributed by atoms with Crippen LogP contribution in [-0.4, -0.2) is 23.5 Å². The van der Waals surface area contributed by atoms with Crippen molar-refractivity contribution in [2.45, 2.75) is 11.5 Å². The van der Waals surface area contributed by atoms with Gasteiger partial charge in [-0.15, -0.1) is 0 Å². The van der Waals surface area contributed by atoms with Crippen molar-refractivity contribution in [1.29, 1.82) is 0 Å². The highest BCUT2D eigenvalue weighted by Crippen LogP contribution is 2.26. The van der Waals surface area contributed by atoms with Crippen LogP contribution in [-0.2, 0) is 21.4 Å². The van der Waals surface area contributed by atoms with Crippen LogP contribution in [0.15, 0.2) is 96.0 Å². The molecule has 0 fully saturated rings. The van der Waals surface area contributed by atoms with E-state index in [0.29, 0.717) is 23.4 Å². The summed E-state index contributed by atoms with van der Waals surface area (Å²) in [6.45, 7) is 0.417.